The predicted octanol–water partition coefficient (Wildman–Crippen LogP) is 0.732. The fourth-order valence-electron chi connectivity index (χ4n) is 2.69. The summed E-state index contributed by atoms with van der Waals surface area (Å²) in [6.45, 7) is 0. The number of hydrogen-bond donors (Lipinski definition) is 0. The molecule has 64 valence electrons. The number of hydrogen-bond acceptors (Lipinski definition) is 3. The quantitative estimate of drug-likeness (QED) is 0.395. The number of fused-ring (bicyclic) bond motifs is 5. The molecule has 12 heavy (non-hydrogen) atoms. The monoisotopic (exact) mass is 168 g/mol. The van der Waals surface area contributed by atoms with Crippen LogP contribution < -0.4 is 0 Å². The fraction of sp³-hybridized carbons (Fsp3) is 0.778. The van der Waals surface area contributed by atoms with E-state index >= 15 is 0 Å². The van der Waals surface area contributed by atoms with Gasteiger partial charge in [0.15, 0.2) is 0 Å². The average molecular weight is 168 g/mol. The van der Waals surface area contributed by atoms with Crippen LogP contribution in [0.25, 0.3) is 0 Å². The van der Waals surface area contributed by atoms with Gasteiger partial charge in [-0.05, 0) is 31.1 Å². The van der Waals surface area contributed by atoms with Gasteiger partial charge in [-0.25, -0.2) is 0 Å². The molecule has 0 N–H and O–H groups in total. The fourth-order valence-corrected chi connectivity index (χ4v) is 2.69. The van der Waals surface area contributed by atoms with Crippen LogP contribution in [-0.4, -0.2) is 11.9 Å². The number of carbonyl (C=O) groups is 2. The lowest BCUT2D eigenvalue weighted by atomic mass is 9.81. The number of cyclic esters (lactones) is 2. The van der Waals surface area contributed by atoms with Gasteiger partial charge in [0.25, 0.3) is 0 Å². The average Bonchev–Trinajstić information content (AvgIpc) is 2.73. The van der Waals surface area contributed by atoms with Gasteiger partial charge in [-0.2, -0.15) is 0 Å². The summed E-state index contributed by atoms with van der Waals surface area (Å²) in [5.41, 5.74) is 0. The van der Waals surface area contributed by atoms with Crippen molar-refractivity contribution in [3.63, 3.8) is 0 Å². The van der Waals surface area contributed by atoms with Crippen LogP contribution in [-0.2, 0) is 14.3 Å². The molecule has 3 aliphatic rings. The van der Waals surface area contributed by atoms with Crippen molar-refractivity contribution in [2.75, 3.05) is 0 Å². The van der Waals surface area contributed by atoms with Gasteiger partial charge in [0.1, 0.15) is 0 Å². The molecule has 3 rings (SSSR count). The normalized spacial score (nSPS) is 64.3. The van der Waals surface area contributed by atoms with Crippen LogP contribution in [0.3, 0.4) is 0 Å². The zero-order valence-electron chi connectivity index (χ0n) is 8.50. The van der Waals surface area contributed by atoms with E-state index in [4.69, 9.17) is 2.74 Å². The van der Waals surface area contributed by atoms with Crippen molar-refractivity contribution in [2.24, 2.45) is 23.6 Å². The summed E-state index contributed by atoms with van der Waals surface area (Å²) < 4.78 is 20.5. The summed E-state index contributed by atoms with van der Waals surface area (Å²) >= 11 is 0. The molecule has 1 aliphatic heterocycles. The molecule has 0 unspecified atom stereocenters. The van der Waals surface area contributed by atoms with Gasteiger partial charge in [0.2, 0.25) is 0 Å². The van der Waals surface area contributed by atoms with Crippen LogP contribution in [0.15, 0.2) is 0 Å². The Morgan fingerprint density at radius 2 is 1.67 bits per heavy atom. The minimum absolute atomic E-state index is 0.149. The molecule has 4 atom stereocenters. The summed E-state index contributed by atoms with van der Waals surface area (Å²) in [6.07, 6.45) is 2.21. The summed E-state index contributed by atoms with van der Waals surface area (Å²) in [5, 5.41) is 0. The van der Waals surface area contributed by atoms with E-state index in [1.807, 2.05) is 0 Å². The highest BCUT2D eigenvalue weighted by atomic mass is 16.6. The highest BCUT2D eigenvalue weighted by Crippen LogP contribution is 2.55. The highest BCUT2D eigenvalue weighted by molar-refractivity contribution is 5.97. The van der Waals surface area contributed by atoms with E-state index in [0.29, 0.717) is 6.42 Å². The maximum absolute atomic E-state index is 11.4. The molecule has 1 heterocycles. The van der Waals surface area contributed by atoms with E-state index in [2.05, 4.69) is 4.74 Å². The highest BCUT2D eigenvalue weighted by Gasteiger charge is 2.59. The standard InChI is InChI=1S/C9H10O3/c10-8-6-4-1-2-5(3-4)7(6)9(11)12-8/h4-7H,1-3H2/t4-,5+,6-,7+/i6D,7D. The Labute approximate surface area is 72.9 Å². The zero-order chi connectivity index (χ0) is 10.1. The molecule has 0 radical (unpaired) electrons. The molecular formula is C9H10O3. The second-order valence-corrected chi connectivity index (χ2v) is 3.71. The molecule has 0 amide bonds. The summed E-state index contributed by atoms with van der Waals surface area (Å²) in [4.78, 5) is 22.9. The molecule has 0 spiro atoms. The molecule has 2 bridgehead atoms. The van der Waals surface area contributed by atoms with Gasteiger partial charge in [-0.1, -0.05) is 0 Å². The lowest BCUT2D eigenvalue weighted by molar-refractivity contribution is -0.154. The van der Waals surface area contributed by atoms with Crippen molar-refractivity contribution in [3.05, 3.63) is 0 Å². The van der Waals surface area contributed by atoms with Gasteiger partial charge in [0, 0.05) is 2.74 Å². The Hall–Kier alpha value is -0.860. The van der Waals surface area contributed by atoms with E-state index in [0.717, 1.165) is 12.8 Å². The molecule has 0 aromatic carbocycles. The molecule has 3 fully saturated rings. The van der Waals surface area contributed by atoms with Crippen molar-refractivity contribution in [1.29, 1.82) is 0 Å². The van der Waals surface area contributed by atoms with Crippen molar-refractivity contribution in [2.45, 2.75) is 19.3 Å². The maximum atomic E-state index is 11.4. The van der Waals surface area contributed by atoms with Crippen molar-refractivity contribution in [1.82, 2.24) is 0 Å². The van der Waals surface area contributed by atoms with E-state index in [1.165, 1.54) is 0 Å². The van der Waals surface area contributed by atoms with Gasteiger partial charge >= 0.3 is 11.9 Å². The number of esters is 2. The van der Waals surface area contributed by atoms with Gasteiger partial charge < -0.3 is 4.74 Å². The van der Waals surface area contributed by atoms with Crippen LogP contribution in [0, 0.1) is 23.6 Å². The first-order chi connectivity index (χ1) is 6.51. The smallest absolute Gasteiger partial charge is 0.317 e. The lowest BCUT2D eigenvalue weighted by Crippen LogP contribution is -2.24. The van der Waals surface area contributed by atoms with E-state index in [1.54, 1.807) is 0 Å². The minimum atomic E-state index is -1.60. The Kier molecular flexibility index (Phi) is 0.789. The Bertz CT molecular complexity index is 324. The third-order valence-electron chi connectivity index (χ3n) is 3.16. The Morgan fingerprint density at radius 1 is 1.17 bits per heavy atom. The van der Waals surface area contributed by atoms with Gasteiger partial charge in [-0.15, -0.1) is 0 Å². The number of carbonyl (C=O) groups excluding carboxylic acids is 2. The Morgan fingerprint density at radius 3 is 2.17 bits per heavy atom. The molecular weight excluding hydrogens is 156 g/mol. The first kappa shape index (κ1) is 5.00. The molecule has 3 heteroatoms. The molecule has 3 nitrogen and oxygen atoms in total. The third-order valence-corrected chi connectivity index (χ3v) is 3.16. The van der Waals surface area contributed by atoms with Crippen molar-refractivity contribution < 1.29 is 17.1 Å². The summed E-state index contributed by atoms with van der Waals surface area (Å²) in [5.74, 6) is -5.11. The van der Waals surface area contributed by atoms with Crippen LogP contribution >= 0.6 is 0 Å². The zero-order valence-corrected chi connectivity index (χ0v) is 6.50. The molecule has 2 saturated carbocycles. The minimum Gasteiger partial charge on any atom is -0.393 e. The maximum Gasteiger partial charge on any atom is 0.317 e. The van der Waals surface area contributed by atoms with Crippen LogP contribution in [0.4, 0.5) is 0 Å². The Balaban J connectivity index is 2.21. The third kappa shape index (κ3) is 0.586. The first-order valence-corrected chi connectivity index (χ1v) is 4.28. The SMILES string of the molecule is [2H][C@@]12C(=O)OC(=O)[C@]1([2H])[C@@H]1CC[C@H]2C1. The summed E-state index contributed by atoms with van der Waals surface area (Å²) in [7, 11) is 0. The van der Waals surface area contributed by atoms with E-state index < -0.39 is 23.7 Å². The topological polar surface area (TPSA) is 43.4 Å². The first-order valence-electron chi connectivity index (χ1n) is 5.28. The van der Waals surface area contributed by atoms with Crippen LogP contribution in [0.1, 0.15) is 22.0 Å². The largest absolute Gasteiger partial charge is 0.393 e. The van der Waals surface area contributed by atoms with E-state index in [9.17, 15) is 9.59 Å². The van der Waals surface area contributed by atoms with Gasteiger partial charge in [-0.3, -0.25) is 9.59 Å². The molecule has 2 aliphatic carbocycles. The van der Waals surface area contributed by atoms with Crippen molar-refractivity contribution >= 4 is 11.9 Å². The van der Waals surface area contributed by atoms with Crippen molar-refractivity contribution in [3.8, 4) is 0 Å². The second-order valence-electron chi connectivity index (χ2n) is 3.71. The van der Waals surface area contributed by atoms with Crippen LogP contribution in [0.5, 0.6) is 0 Å². The lowest BCUT2D eigenvalue weighted by Gasteiger charge is -2.17. The molecule has 1 saturated heterocycles. The second kappa shape index (κ2) is 1.90. The van der Waals surface area contributed by atoms with Crippen LogP contribution in [0.2, 0.25) is 0 Å². The summed E-state index contributed by atoms with van der Waals surface area (Å²) in [6, 6.07) is 0. The molecule has 0 aromatic rings. The number of rotatable bonds is 0. The van der Waals surface area contributed by atoms with Gasteiger partial charge in [0.05, 0.1) is 11.8 Å². The molecule has 0 aromatic heterocycles. The predicted molar refractivity (Wildman–Crippen MR) is 38.9 cm³/mol. The number of ether oxygens (including phenoxy) is 1. The van der Waals surface area contributed by atoms with E-state index in [-0.39, 0.29) is 11.8 Å².